The molecule has 0 bridgehead atoms. The number of unbranched alkanes of at least 4 members (excludes halogenated alkanes) is 12. The van der Waals surface area contributed by atoms with Crippen molar-refractivity contribution in [3.63, 3.8) is 0 Å². The van der Waals surface area contributed by atoms with E-state index < -0.39 is 23.3 Å². The maximum Gasteiger partial charge on any atom is 0.306 e. The van der Waals surface area contributed by atoms with Gasteiger partial charge in [-0.2, -0.15) is 0 Å². The molecule has 0 aromatic rings. The predicted octanol–water partition coefficient (Wildman–Crippen LogP) is 12.9. The summed E-state index contributed by atoms with van der Waals surface area (Å²) in [6, 6.07) is 0. The second kappa shape index (κ2) is 41.7. The lowest BCUT2D eigenvalue weighted by atomic mass is 9.90. The molecule has 0 spiro atoms. The van der Waals surface area contributed by atoms with E-state index in [1.165, 1.54) is 0 Å². The maximum atomic E-state index is 13.6. The van der Waals surface area contributed by atoms with E-state index in [9.17, 15) is 24.0 Å². The summed E-state index contributed by atoms with van der Waals surface area (Å²) >= 11 is 0. The van der Waals surface area contributed by atoms with Gasteiger partial charge in [-0.1, -0.05) is 157 Å². The highest BCUT2D eigenvalue weighted by Gasteiger charge is 2.38. The van der Waals surface area contributed by atoms with Gasteiger partial charge in [0.15, 0.2) is 0 Å². The van der Waals surface area contributed by atoms with Gasteiger partial charge in [-0.05, 0) is 83.3 Å². The normalized spacial score (nSPS) is 11.8. The topological polar surface area (TPSA) is 135 Å². The van der Waals surface area contributed by atoms with Gasteiger partial charge in [0.25, 0.3) is 0 Å². The van der Waals surface area contributed by atoms with Gasteiger partial charge in [0, 0.05) is 19.3 Å². The highest BCUT2D eigenvalue weighted by molar-refractivity contribution is 5.77. The molecule has 0 aromatic carbocycles. The van der Waals surface area contributed by atoms with Crippen molar-refractivity contribution in [2.75, 3.05) is 53.7 Å². The Morgan fingerprint density at radius 3 is 1.00 bits per heavy atom. The Bertz CT molecular complexity index is 1100. The van der Waals surface area contributed by atoms with Crippen LogP contribution in [0.4, 0.5) is 0 Å². The summed E-state index contributed by atoms with van der Waals surface area (Å²) in [5.74, 6) is -1.62. The quantitative estimate of drug-likeness (QED) is 0.0328. The van der Waals surface area contributed by atoms with E-state index in [4.69, 9.17) is 23.7 Å². The maximum absolute atomic E-state index is 13.6. The average molecular weight is 910 g/mol. The van der Waals surface area contributed by atoms with Gasteiger partial charge in [0.05, 0.1) is 19.4 Å². The molecule has 0 aliphatic heterocycles. The largest absolute Gasteiger partial charge is 0.465 e. The number of hydrogen-bond donors (Lipinski definition) is 0. The molecule has 0 aromatic heterocycles. The second-order valence-corrected chi connectivity index (χ2v) is 19.2. The first-order chi connectivity index (χ1) is 30.9. The summed E-state index contributed by atoms with van der Waals surface area (Å²) in [6.07, 6.45) is 26.5. The van der Waals surface area contributed by atoms with Gasteiger partial charge in [-0.3, -0.25) is 24.0 Å². The molecule has 0 rings (SSSR count). The number of nitrogens with zero attached hydrogens (tertiary/aromatic N) is 1. The van der Waals surface area contributed by atoms with Crippen molar-refractivity contribution in [3.8, 4) is 0 Å². The minimum absolute atomic E-state index is 0.137. The van der Waals surface area contributed by atoms with Gasteiger partial charge >= 0.3 is 29.8 Å². The Balaban J connectivity index is 6.29. The minimum atomic E-state index is -1.36. The van der Waals surface area contributed by atoms with Gasteiger partial charge in [0.1, 0.15) is 31.8 Å². The van der Waals surface area contributed by atoms with Crippen LogP contribution in [0.25, 0.3) is 0 Å². The molecule has 64 heavy (non-hydrogen) atoms. The lowest BCUT2D eigenvalue weighted by Gasteiger charge is -2.32. The molecule has 0 heterocycles. The molecule has 0 aliphatic carbocycles. The summed E-state index contributed by atoms with van der Waals surface area (Å²) < 4.78 is 29.3. The zero-order chi connectivity index (χ0) is 47.7. The Labute approximate surface area is 392 Å². The van der Waals surface area contributed by atoms with Crippen LogP contribution in [0, 0.1) is 23.2 Å². The predicted molar refractivity (Wildman–Crippen MR) is 259 cm³/mol. The second-order valence-electron chi connectivity index (χ2n) is 19.2. The van der Waals surface area contributed by atoms with E-state index in [0.29, 0.717) is 25.5 Å². The van der Waals surface area contributed by atoms with Crippen molar-refractivity contribution in [2.45, 2.75) is 234 Å². The minimum Gasteiger partial charge on any atom is -0.465 e. The molecule has 0 radical (unpaired) electrons. The van der Waals surface area contributed by atoms with E-state index in [1.807, 2.05) is 19.0 Å². The third-order valence-electron chi connectivity index (χ3n) is 12.4. The molecule has 0 aliphatic rings. The SMILES string of the molecule is CCCCCC(CCCCC)COC(=O)CCC(=O)OCC(COC(=O)CCCN(C)C)(COC(=O)CC(CCCCC)CCCCC)COC(=O)CC(CCCCC)CCCCC. The molecule has 0 saturated heterocycles. The van der Waals surface area contributed by atoms with Crippen molar-refractivity contribution in [1.82, 2.24) is 4.90 Å². The third-order valence-corrected chi connectivity index (χ3v) is 12.4. The Kier molecular flexibility index (Phi) is 40.0. The lowest BCUT2D eigenvalue weighted by molar-refractivity contribution is -0.172. The van der Waals surface area contributed by atoms with Crippen LogP contribution in [0.15, 0.2) is 0 Å². The number of esters is 5. The van der Waals surface area contributed by atoms with Crippen molar-refractivity contribution in [2.24, 2.45) is 23.2 Å². The summed E-state index contributed by atoms with van der Waals surface area (Å²) in [5.41, 5.74) is -1.36. The highest BCUT2D eigenvalue weighted by atomic mass is 16.6. The fourth-order valence-electron chi connectivity index (χ4n) is 8.05. The number of rotatable bonds is 45. The van der Waals surface area contributed by atoms with E-state index >= 15 is 0 Å². The van der Waals surface area contributed by atoms with Crippen molar-refractivity contribution in [1.29, 1.82) is 0 Å². The molecular formula is C53H99NO10. The number of hydrogen-bond acceptors (Lipinski definition) is 11. The average Bonchev–Trinajstić information content (AvgIpc) is 3.27. The fourth-order valence-corrected chi connectivity index (χ4v) is 8.05. The summed E-state index contributed by atoms with van der Waals surface area (Å²) in [4.78, 5) is 68.5. The van der Waals surface area contributed by atoms with Gasteiger partial charge in [0.2, 0.25) is 0 Å². The summed E-state index contributed by atoms with van der Waals surface area (Å²) in [6.45, 7) is 12.9. The Hall–Kier alpha value is -2.69. The molecule has 0 N–H and O–H groups in total. The van der Waals surface area contributed by atoms with Crippen molar-refractivity contribution >= 4 is 29.8 Å². The van der Waals surface area contributed by atoms with Crippen LogP contribution in [0.5, 0.6) is 0 Å². The Morgan fingerprint density at radius 2 is 0.672 bits per heavy atom. The lowest BCUT2D eigenvalue weighted by Crippen LogP contribution is -2.44. The highest BCUT2D eigenvalue weighted by Crippen LogP contribution is 2.27. The number of ether oxygens (including phenoxy) is 5. The van der Waals surface area contributed by atoms with Crippen LogP contribution in [-0.4, -0.2) is 88.4 Å². The molecule has 0 saturated carbocycles. The first kappa shape index (κ1) is 61.3. The molecule has 376 valence electrons. The molecule has 0 atom stereocenters. The molecular weight excluding hydrogens is 811 g/mol. The summed E-state index contributed by atoms with van der Waals surface area (Å²) in [7, 11) is 3.87. The fraction of sp³-hybridized carbons (Fsp3) is 0.906. The van der Waals surface area contributed by atoms with Crippen LogP contribution in [0.2, 0.25) is 0 Å². The summed E-state index contributed by atoms with van der Waals surface area (Å²) in [5, 5.41) is 0. The molecule has 11 nitrogen and oxygen atoms in total. The van der Waals surface area contributed by atoms with Gasteiger partial charge in [-0.25, -0.2) is 0 Å². The smallest absolute Gasteiger partial charge is 0.306 e. The molecule has 11 heteroatoms. The third kappa shape index (κ3) is 35.6. The van der Waals surface area contributed by atoms with Crippen LogP contribution in [-0.2, 0) is 47.7 Å². The zero-order valence-electron chi connectivity index (χ0n) is 42.7. The van der Waals surface area contributed by atoms with E-state index in [-0.39, 0.29) is 82.3 Å². The zero-order valence-corrected chi connectivity index (χ0v) is 42.7. The van der Waals surface area contributed by atoms with Gasteiger partial charge < -0.3 is 28.6 Å². The van der Waals surface area contributed by atoms with Crippen molar-refractivity contribution < 1.29 is 47.7 Å². The van der Waals surface area contributed by atoms with Crippen LogP contribution in [0.1, 0.15) is 234 Å². The first-order valence-electron chi connectivity index (χ1n) is 26.3. The van der Waals surface area contributed by atoms with E-state index in [2.05, 4.69) is 41.5 Å². The van der Waals surface area contributed by atoms with Crippen LogP contribution in [0.3, 0.4) is 0 Å². The van der Waals surface area contributed by atoms with E-state index in [1.54, 1.807) is 0 Å². The van der Waals surface area contributed by atoms with Crippen LogP contribution < -0.4 is 0 Å². The first-order valence-corrected chi connectivity index (χ1v) is 26.3. The van der Waals surface area contributed by atoms with E-state index in [0.717, 1.165) is 154 Å². The van der Waals surface area contributed by atoms with Crippen LogP contribution >= 0.6 is 0 Å². The van der Waals surface area contributed by atoms with Crippen molar-refractivity contribution in [3.05, 3.63) is 0 Å². The number of carbonyl (C=O) groups excluding carboxylic acids is 5. The molecule has 0 amide bonds. The molecule has 0 unspecified atom stereocenters. The standard InChI is InChI=1S/C53H99NO10/c1-9-15-21-28-45(29-22-16-10-2)38-51(58)63-43-53(41-61-48(55)34-27-37-54(7)8,44-64-52(59)39-46(30-23-17-11-3)31-24-18-12-4)42-62-50(57)36-35-49(56)60-40-47(32-25-19-13-5)33-26-20-14-6/h45-47H,9-44H2,1-8H3. The number of carbonyl (C=O) groups is 5. The molecule has 0 fully saturated rings. The monoisotopic (exact) mass is 910 g/mol. The Morgan fingerprint density at radius 1 is 0.375 bits per heavy atom. The van der Waals surface area contributed by atoms with Gasteiger partial charge in [-0.15, -0.1) is 0 Å².